The van der Waals surface area contributed by atoms with Crippen molar-refractivity contribution in [3.05, 3.63) is 53.9 Å². The molecule has 2 aromatic heterocycles. The molecule has 0 aliphatic heterocycles. The van der Waals surface area contributed by atoms with E-state index in [2.05, 4.69) is 22.1 Å². The molecule has 0 unspecified atom stereocenters. The molecule has 0 fully saturated rings. The second-order valence-electron chi connectivity index (χ2n) is 4.73. The maximum atomic E-state index is 5.80. The first-order chi connectivity index (χ1) is 9.13. The molecule has 3 heteroatoms. The molecular formula is C16H15N3. The maximum Gasteiger partial charge on any atom is 0.0707 e. The van der Waals surface area contributed by atoms with Gasteiger partial charge in [0.25, 0.3) is 0 Å². The molecule has 3 rings (SSSR count). The predicted molar refractivity (Wildman–Crippen MR) is 78.9 cm³/mol. The summed E-state index contributed by atoms with van der Waals surface area (Å²) in [5, 5.41) is 1.12. The van der Waals surface area contributed by atoms with Crippen LogP contribution in [0.4, 0.5) is 5.69 Å². The first kappa shape index (κ1) is 11.7. The zero-order chi connectivity index (χ0) is 13.4. The third kappa shape index (κ3) is 2.15. The van der Waals surface area contributed by atoms with Crippen molar-refractivity contribution in [2.45, 2.75) is 13.8 Å². The molecule has 3 nitrogen and oxygen atoms in total. The number of fused-ring (bicyclic) bond motifs is 1. The summed E-state index contributed by atoms with van der Waals surface area (Å²) >= 11 is 0. The molecule has 0 radical (unpaired) electrons. The summed E-state index contributed by atoms with van der Waals surface area (Å²) in [5.74, 6) is 0. The van der Waals surface area contributed by atoms with E-state index in [9.17, 15) is 0 Å². The van der Waals surface area contributed by atoms with E-state index in [-0.39, 0.29) is 0 Å². The quantitative estimate of drug-likeness (QED) is 0.718. The van der Waals surface area contributed by atoms with Crippen molar-refractivity contribution in [1.82, 2.24) is 9.97 Å². The average Bonchev–Trinajstić information content (AvgIpc) is 2.41. The number of nitrogen functional groups attached to an aromatic ring is 1. The highest BCUT2D eigenvalue weighted by atomic mass is 14.7. The number of anilines is 1. The van der Waals surface area contributed by atoms with E-state index >= 15 is 0 Å². The third-order valence-electron chi connectivity index (χ3n) is 3.25. The Balaban J connectivity index is 2.14. The van der Waals surface area contributed by atoms with Crippen molar-refractivity contribution in [3.63, 3.8) is 0 Å². The van der Waals surface area contributed by atoms with Crippen molar-refractivity contribution in [3.8, 4) is 11.3 Å². The van der Waals surface area contributed by atoms with Crippen molar-refractivity contribution in [2.24, 2.45) is 0 Å². The fourth-order valence-electron chi connectivity index (χ4n) is 2.12. The van der Waals surface area contributed by atoms with Crippen LogP contribution >= 0.6 is 0 Å². The van der Waals surface area contributed by atoms with Crippen LogP contribution in [0.5, 0.6) is 0 Å². The monoisotopic (exact) mass is 249 g/mol. The van der Waals surface area contributed by atoms with Gasteiger partial charge in [0.05, 0.1) is 22.6 Å². The molecule has 0 saturated carbocycles. The minimum absolute atomic E-state index is 0.724. The van der Waals surface area contributed by atoms with E-state index < -0.39 is 0 Å². The Hall–Kier alpha value is -2.42. The summed E-state index contributed by atoms with van der Waals surface area (Å²) in [7, 11) is 0. The van der Waals surface area contributed by atoms with Crippen LogP contribution < -0.4 is 5.73 Å². The number of hydrogen-bond donors (Lipinski definition) is 1. The second-order valence-corrected chi connectivity index (χ2v) is 4.73. The van der Waals surface area contributed by atoms with E-state index in [0.29, 0.717) is 0 Å². The number of pyridine rings is 2. The van der Waals surface area contributed by atoms with Crippen molar-refractivity contribution >= 4 is 16.6 Å². The lowest BCUT2D eigenvalue weighted by molar-refractivity contribution is 1.21. The van der Waals surface area contributed by atoms with Gasteiger partial charge < -0.3 is 5.73 Å². The molecule has 0 aliphatic rings. The molecule has 0 amide bonds. The Morgan fingerprint density at radius 1 is 0.895 bits per heavy atom. The minimum Gasteiger partial charge on any atom is -0.397 e. The maximum absolute atomic E-state index is 5.80. The SMILES string of the molecule is Cc1ccc2cc(-c3ccc(N)c(C)n3)ccc2n1. The van der Waals surface area contributed by atoms with Crippen LogP contribution in [0.3, 0.4) is 0 Å². The van der Waals surface area contributed by atoms with E-state index in [1.165, 1.54) is 0 Å². The number of hydrogen-bond acceptors (Lipinski definition) is 3. The lowest BCUT2D eigenvalue weighted by Gasteiger charge is -2.06. The van der Waals surface area contributed by atoms with Crippen LogP contribution in [0.15, 0.2) is 42.5 Å². The van der Waals surface area contributed by atoms with Gasteiger partial charge in [-0.1, -0.05) is 12.1 Å². The second kappa shape index (κ2) is 4.35. The van der Waals surface area contributed by atoms with E-state index in [1.54, 1.807) is 0 Å². The van der Waals surface area contributed by atoms with E-state index in [1.807, 2.05) is 44.2 Å². The first-order valence-electron chi connectivity index (χ1n) is 6.24. The molecule has 94 valence electrons. The topological polar surface area (TPSA) is 51.8 Å². The highest BCUT2D eigenvalue weighted by Gasteiger charge is 2.04. The van der Waals surface area contributed by atoms with Crippen LogP contribution in [0.25, 0.3) is 22.2 Å². The molecule has 0 bridgehead atoms. The summed E-state index contributed by atoms with van der Waals surface area (Å²) in [6.45, 7) is 3.92. The molecule has 3 aromatic rings. The minimum atomic E-state index is 0.724. The highest BCUT2D eigenvalue weighted by molar-refractivity contribution is 5.84. The number of aryl methyl sites for hydroxylation is 2. The van der Waals surface area contributed by atoms with Gasteiger partial charge in [0, 0.05) is 16.6 Å². The van der Waals surface area contributed by atoms with Crippen molar-refractivity contribution in [2.75, 3.05) is 5.73 Å². The summed E-state index contributed by atoms with van der Waals surface area (Å²) in [6, 6.07) is 14.1. The molecular weight excluding hydrogens is 234 g/mol. The van der Waals surface area contributed by atoms with Crippen LogP contribution in [0, 0.1) is 13.8 Å². The van der Waals surface area contributed by atoms with Gasteiger partial charge in [-0.05, 0) is 44.2 Å². The molecule has 0 atom stereocenters. The Morgan fingerprint density at radius 2 is 1.74 bits per heavy atom. The lowest BCUT2D eigenvalue weighted by Crippen LogP contribution is -1.94. The smallest absolute Gasteiger partial charge is 0.0707 e. The Bertz CT molecular complexity index is 763. The number of nitrogens with zero attached hydrogens (tertiary/aromatic N) is 2. The fourth-order valence-corrected chi connectivity index (χ4v) is 2.12. The molecule has 0 saturated heterocycles. The first-order valence-corrected chi connectivity index (χ1v) is 6.24. The van der Waals surface area contributed by atoms with Gasteiger partial charge in [-0.25, -0.2) is 0 Å². The normalized spacial score (nSPS) is 10.8. The third-order valence-corrected chi connectivity index (χ3v) is 3.25. The Morgan fingerprint density at radius 3 is 2.53 bits per heavy atom. The largest absolute Gasteiger partial charge is 0.397 e. The number of aromatic nitrogens is 2. The Labute approximate surface area is 112 Å². The van der Waals surface area contributed by atoms with Crippen molar-refractivity contribution < 1.29 is 0 Å². The molecule has 19 heavy (non-hydrogen) atoms. The van der Waals surface area contributed by atoms with E-state index in [4.69, 9.17) is 5.73 Å². The van der Waals surface area contributed by atoms with Crippen molar-refractivity contribution in [1.29, 1.82) is 0 Å². The van der Waals surface area contributed by atoms with Gasteiger partial charge in [-0.2, -0.15) is 0 Å². The molecule has 0 aliphatic carbocycles. The van der Waals surface area contributed by atoms with Gasteiger partial charge >= 0.3 is 0 Å². The van der Waals surface area contributed by atoms with E-state index in [0.717, 1.165) is 39.2 Å². The number of rotatable bonds is 1. The van der Waals surface area contributed by atoms with Gasteiger partial charge in [-0.15, -0.1) is 0 Å². The number of benzene rings is 1. The summed E-state index contributed by atoms with van der Waals surface area (Å²) in [5.41, 5.74) is 11.4. The van der Waals surface area contributed by atoms with Gasteiger partial charge in [-0.3, -0.25) is 9.97 Å². The van der Waals surface area contributed by atoms with Crippen LogP contribution in [0.2, 0.25) is 0 Å². The summed E-state index contributed by atoms with van der Waals surface area (Å²) in [6.07, 6.45) is 0. The fraction of sp³-hybridized carbons (Fsp3) is 0.125. The van der Waals surface area contributed by atoms with Crippen LogP contribution in [-0.2, 0) is 0 Å². The zero-order valence-electron chi connectivity index (χ0n) is 11.0. The highest BCUT2D eigenvalue weighted by Crippen LogP contribution is 2.24. The molecule has 2 heterocycles. The standard InChI is InChI=1S/C16H15N3/c1-10-3-4-12-9-13(5-7-15(12)18-10)16-8-6-14(17)11(2)19-16/h3-9H,17H2,1-2H3. The number of nitrogens with two attached hydrogens (primary N) is 1. The lowest BCUT2D eigenvalue weighted by atomic mass is 10.1. The van der Waals surface area contributed by atoms with Gasteiger partial charge in [0.2, 0.25) is 0 Å². The molecule has 1 aromatic carbocycles. The van der Waals surface area contributed by atoms with Crippen LogP contribution in [-0.4, -0.2) is 9.97 Å². The summed E-state index contributed by atoms with van der Waals surface area (Å²) in [4.78, 5) is 9.02. The van der Waals surface area contributed by atoms with Crippen LogP contribution in [0.1, 0.15) is 11.4 Å². The zero-order valence-corrected chi connectivity index (χ0v) is 11.0. The van der Waals surface area contributed by atoms with Gasteiger partial charge in [0.1, 0.15) is 0 Å². The molecule has 2 N–H and O–H groups in total. The molecule has 0 spiro atoms. The Kier molecular flexibility index (Phi) is 2.67. The predicted octanol–water partition coefficient (Wildman–Crippen LogP) is 3.50. The average molecular weight is 249 g/mol. The van der Waals surface area contributed by atoms with Gasteiger partial charge in [0.15, 0.2) is 0 Å². The summed E-state index contributed by atoms with van der Waals surface area (Å²) < 4.78 is 0.